The van der Waals surface area contributed by atoms with Crippen LogP contribution in [0.25, 0.3) is 0 Å². The van der Waals surface area contributed by atoms with Gasteiger partial charge in [-0.15, -0.1) is 0 Å². The number of nitrogens with zero attached hydrogens (tertiary/aromatic N) is 5. The van der Waals surface area contributed by atoms with Gasteiger partial charge in [0.1, 0.15) is 5.69 Å². The van der Waals surface area contributed by atoms with Crippen LogP contribution in [0, 0.1) is 0 Å². The van der Waals surface area contributed by atoms with Crippen molar-refractivity contribution in [1.29, 1.82) is 0 Å². The Kier molecular flexibility index (Phi) is 5.49. The van der Waals surface area contributed by atoms with Crippen molar-refractivity contribution < 1.29 is 9.59 Å². The molecule has 0 radical (unpaired) electrons. The largest absolute Gasteiger partial charge is 0.321 e. The molecule has 32 heavy (non-hydrogen) atoms. The van der Waals surface area contributed by atoms with Gasteiger partial charge in [0.15, 0.2) is 5.78 Å². The Morgan fingerprint density at radius 2 is 2.03 bits per heavy atom. The van der Waals surface area contributed by atoms with Gasteiger partial charge in [-0.2, -0.15) is 5.10 Å². The summed E-state index contributed by atoms with van der Waals surface area (Å²) in [6, 6.07) is 4.45. The number of fused-ring (bicyclic) bond motifs is 2. The molecule has 0 spiro atoms. The molecule has 1 N–H and O–H groups in total. The number of aromatic nitrogens is 3. The van der Waals surface area contributed by atoms with Gasteiger partial charge in [0, 0.05) is 36.9 Å². The average molecular weight is 437 g/mol. The Morgan fingerprint density at radius 3 is 2.78 bits per heavy atom. The van der Waals surface area contributed by atoms with Crippen LogP contribution in [0.15, 0.2) is 18.3 Å². The lowest BCUT2D eigenvalue weighted by atomic mass is 10.1. The van der Waals surface area contributed by atoms with Gasteiger partial charge in [0.05, 0.1) is 30.4 Å². The predicted molar refractivity (Wildman–Crippen MR) is 120 cm³/mol. The van der Waals surface area contributed by atoms with Crippen molar-refractivity contribution in [2.45, 2.75) is 71.1 Å². The van der Waals surface area contributed by atoms with Gasteiger partial charge < -0.3 is 9.80 Å². The molecule has 3 aliphatic rings. The van der Waals surface area contributed by atoms with Crippen LogP contribution in [-0.4, -0.2) is 73.4 Å². The molecule has 5 heterocycles. The molecule has 5 rings (SSSR count). The number of Topliss-reactive ketones (excluding diaryl/α,β-unsaturated/α-hetero) is 1. The second-order valence-electron chi connectivity index (χ2n) is 9.45. The molecule has 0 aromatic carbocycles. The number of nitrogens with one attached hydrogen (secondary N) is 1. The summed E-state index contributed by atoms with van der Waals surface area (Å²) in [5.74, 6) is -0.0506. The normalized spacial score (nSPS) is 25.2. The van der Waals surface area contributed by atoms with Crippen LogP contribution >= 0.6 is 0 Å². The first-order valence-electron chi connectivity index (χ1n) is 11.8. The summed E-state index contributed by atoms with van der Waals surface area (Å²) in [4.78, 5) is 37.1. The molecule has 2 aromatic heterocycles. The van der Waals surface area contributed by atoms with Crippen LogP contribution in [0.1, 0.15) is 72.7 Å². The number of carbonyl (C=O) groups is 2. The number of amides is 2. The summed E-state index contributed by atoms with van der Waals surface area (Å²) in [5, 5.41) is 7.52. The third-order valence-corrected chi connectivity index (χ3v) is 7.47. The van der Waals surface area contributed by atoms with Crippen LogP contribution in [-0.2, 0) is 19.4 Å². The first-order valence-corrected chi connectivity index (χ1v) is 11.8. The zero-order chi connectivity index (χ0) is 22.4. The highest BCUT2D eigenvalue weighted by Crippen LogP contribution is 2.36. The van der Waals surface area contributed by atoms with Gasteiger partial charge in [-0.05, 0) is 51.3 Å². The second kappa shape index (κ2) is 8.31. The van der Waals surface area contributed by atoms with E-state index in [0.717, 1.165) is 48.6 Å². The molecule has 0 bridgehead atoms. The van der Waals surface area contributed by atoms with E-state index >= 15 is 0 Å². The van der Waals surface area contributed by atoms with E-state index in [4.69, 9.17) is 0 Å². The van der Waals surface area contributed by atoms with Crippen LogP contribution in [0.3, 0.4) is 0 Å². The Morgan fingerprint density at radius 1 is 1.19 bits per heavy atom. The molecule has 2 aromatic rings. The number of aryl methyl sites for hydroxylation is 1. The first-order chi connectivity index (χ1) is 15.5. The second-order valence-corrected chi connectivity index (χ2v) is 9.45. The lowest BCUT2D eigenvalue weighted by Crippen LogP contribution is -2.59. The molecule has 8 nitrogen and oxygen atoms in total. The number of urea groups is 1. The van der Waals surface area contributed by atoms with E-state index in [2.05, 4.69) is 33.9 Å². The number of H-pyrrole nitrogens is 1. The molecule has 8 heteroatoms. The standard InChI is InChI=1S/C24H32N6O2/c1-4-17-7-8-20(25-11-17)22(31)10-21-19-14-30(16(3)23(19)27-26-21)24(32)29-13-18-6-5-9-28(18)12-15(29)2/h7-8,11,15-16,18H,4-6,9-10,12-14H2,1-3H3,(H,26,27)/t15-,16?,18-/m0/s1. The highest BCUT2D eigenvalue weighted by atomic mass is 16.2. The third-order valence-electron chi connectivity index (χ3n) is 7.47. The van der Waals surface area contributed by atoms with Crippen molar-refractivity contribution in [3.63, 3.8) is 0 Å². The summed E-state index contributed by atoms with van der Waals surface area (Å²) in [7, 11) is 0. The number of pyridine rings is 1. The Hall–Kier alpha value is -2.74. The maximum atomic E-state index is 13.5. The zero-order valence-electron chi connectivity index (χ0n) is 19.2. The van der Waals surface area contributed by atoms with E-state index < -0.39 is 0 Å². The molecule has 2 saturated heterocycles. The Labute approximate surface area is 189 Å². The molecule has 170 valence electrons. The minimum atomic E-state index is -0.0791. The monoisotopic (exact) mass is 436 g/mol. The highest BCUT2D eigenvalue weighted by molar-refractivity contribution is 5.95. The Bertz CT molecular complexity index is 1020. The maximum absolute atomic E-state index is 13.5. The number of aromatic amines is 1. The quantitative estimate of drug-likeness (QED) is 0.745. The van der Waals surface area contributed by atoms with Crippen LogP contribution in [0.2, 0.25) is 0 Å². The summed E-state index contributed by atoms with van der Waals surface area (Å²) >= 11 is 0. The number of piperazine rings is 1. The topological polar surface area (TPSA) is 85.4 Å². The number of ketones is 1. The van der Waals surface area contributed by atoms with Gasteiger partial charge in [0.2, 0.25) is 0 Å². The SMILES string of the molecule is CCc1ccc(C(=O)Cc2n[nH]c3c2CN(C(=O)N2C[C@@H]4CCCN4C[C@@H]2C)C3C)nc1. The van der Waals surface area contributed by atoms with E-state index in [1.54, 1.807) is 12.3 Å². The Balaban J connectivity index is 1.29. The lowest BCUT2D eigenvalue weighted by molar-refractivity contribution is 0.0579. The zero-order valence-corrected chi connectivity index (χ0v) is 19.2. The van der Waals surface area contributed by atoms with Crippen LogP contribution in [0.5, 0.6) is 0 Å². The fourth-order valence-electron chi connectivity index (χ4n) is 5.44. The molecule has 2 amide bonds. The lowest BCUT2D eigenvalue weighted by Gasteiger charge is -2.44. The number of hydrogen-bond acceptors (Lipinski definition) is 5. The molecule has 3 aliphatic heterocycles. The van der Waals surface area contributed by atoms with Gasteiger partial charge in [-0.25, -0.2) is 4.79 Å². The van der Waals surface area contributed by atoms with Crippen molar-refractivity contribution in [2.75, 3.05) is 19.6 Å². The minimum absolute atomic E-state index is 0.0506. The van der Waals surface area contributed by atoms with Gasteiger partial charge in [-0.3, -0.25) is 19.8 Å². The third kappa shape index (κ3) is 3.60. The average Bonchev–Trinajstić information content (AvgIpc) is 3.50. The van der Waals surface area contributed by atoms with Crippen LogP contribution < -0.4 is 0 Å². The van der Waals surface area contributed by atoms with Gasteiger partial charge in [-0.1, -0.05) is 13.0 Å². The van der Waals surface area contributed by atoms with Crippen molar-refractivity contribution in [1.82, 2.24) is 29.9 Å². The highest BCUT2D eigenvalue weighted by Gasteiger charge is 2.42. The van der Waals surface area contributed by atoms with Crippen molar-refractivity contribution in [3.8, 4) is 0 Å². The molecule has 0 saturated carbocycles. The van der Waals surface area contributed by atoms with Crippen molar-refractivity contribution >= 4 is 11.8 Å². The summed E-state index contributed by atoms with van der Waals surface area (Å²) in [6.07, 6.45) is 5.24. The van der Waals surface area contributed by atoms with E-state index in [0.29, 0.717) is 18.3 Å². The van der Waals surface area contributed by atoms with E-state index in [1.807, 2.05) is 22.8 Å². The van der Waals surface area contributed by atoms with E-state index in [1.165, 1.54) is 12.8 Å². The fourth-order valence-corrected chi connectivity index (χ4v) is 5.44. The van der Waals surface area contributed by atoms with Crippen molar-refractivity contribution in [3.05, 3.63) is 46.5 Å². The predicted octanol–water partition coefficient (Wildman–Crippen LogP) is 2.96. The summed E-state index contributed by atoms with van der Waals surface area (Å²) < 4.78 is 0. The summed E-state index contributed by atoms with van der Waals surface area (Å²) in [5.41, 5.74) is 4.22. The maximum Gasteiger partial charge on any atom is 0.321 e. The van der Waals surface area contributed by atoms with E-state index in [9.17, 15) is 9.59 Å². The molecular weight excluding hydrogens is 404 g/mol. The number of carbonyl (C=O) groups excluding carboxylic acids is 2. The smallest absolute Gasteiger partial charge is 0.319 e. The molecule has 1 unspecified atom stereocenters. The number of hydrogen-bond donors (Lipinski definition) is 1. The van der Waals surface area contributed by atoms with Gasteiger partial charge in [0.25, 0.3) is 0 Å². The van der Waals surface area contributed by atoms with E-state index in [-0.39, 0.29) is 30.3 Å². The fraction of sp³-hybridized carbons (Fsp3) is 0.583. The molecule has 2 fully saturated rings. The number of rotatable bonds is 4. The van der Waals surface area contributed by atoms with Crippen molar-refractivity contribution in [2.24, 2.45) is 0 Å². The van der Waals surface area contributed by atoms with Crippen LogP contribution in [0.4, 0.5) is 4.79 Å². The first kappa shape index (κ1) is 21.1. The minimum Gasteiger partial charge on any atom is -0.319 e. The summed E-state index contributed by atoms with van der Waals surface area (Å²) in [6.45, 7) is 9.66. The molecule has 3 atom stereocenters. The molecular formula is C24H32N6O2. The van der Waals surface area contributed by atoms with Gasteiger partial charge >= 0.3 is 6.03 Å². The molecule has 0 aliphatic carbocycles.